The van der Waals surface area contributed by atoms with Gasteiger partial charge in [-0.05, 0) is 47.9 Å². The summed E-state index contributed by atoms with van der Waals surface area (Å²) in [5.41, 5.74) is 2.38. The summed E-state index contributed by atoms with van der Waals surface area (Å²) in [7, 11) is 0. The highest BCUT2D eigenvalue weighted by Gasteiger charge is 2.07. The zero-order chi connectivity index (χ0) is 16.8. The van der Waals surface area contributed by atoms with Gasteiger partial charge in [0, 0.05) is 11.3 Å². The van der Waals surface area contributed by atoms with Crippen LogP contribution in [-0.2, 0) is 4.79 Å². The van der Waals surface area contributed by atoms with Gasteiger partial charge in [0.05, 0.1) is 0 Å². The molecule has 0 bridgehead atoms. The van der Waals surface area contributed by atoms with Crippen molar-refractivity contribution < 1.29 is 19.4 Å². The van der Waals surface area contributed by atoms with Gasteiger partial charge in [-0.25, -0.2) is 4.79 Å². The van der Waals surface area contributed by atoms with Gasteiger partial charge in [-0.15, -0.1) is 0 Å². The van der Waals surface area contributed by atoms with Crippen molar-refractivity contribution in [3.63, 3.8) is 0 Å². The number of rotatable bonds is 6. The molecule has 2 aromatic rings. The Morgan fingerprint density at radius 1 is 1.04 bits per heavy atom. The highest BCUT2D eigenvalue weighted by molar-refractivity contribution is 6.04. The molecule has 0 aliphatic carbocycles. The molecule has 0 heterocycles. The van der Waals surface area contributed by atoms with Gasteiger partial charge in [-0.1, -0.05) is 26.0 Å². The number of carboxylic acids is 1. The van der Waals surface area contributed by atoms with Crippen LogP contribution in [0.4, 0.5) is 5.69 Å². The molecule has 0 saturated heterocycles. The fourth-order valence-corrected chi connectivity index (χ4v) is 2.00. The summed E-state index contributed by atoms with van der Waals surface area (Å²) >= 11 is 0. The Bertz CT molecular complexity index is 675. The van der Waals surface area contributed by atoms with Crippen LogP contribution in [-0.4, -0.2) is 23.6 Å². The highest BCUT2D eigenvalue weighted by atomic mass is 16.5. The van der Waals surface area contributed by atoms with Gasteiger partial charge in [0.25, 0.3) is 5.91 Å². The van der Waals surface area contributed by atoms with Crippen molar-refractivity contribution in [2.45, 2.75) is 19.8 Å². The minimum atomic E-state index is -1.03. The molecule has 0 fully saturated rings. The Hall–Kier alpha value is -2.82. The van der Waals surface area contributed by atoms with Crippen LogP contribution in [0, 0.1) is 0 Å². The lowest BCUT2D eigenvalue weighted by atomic mass is 10.0. The summed E-state index contributed by atoms with van der Waals surface area (Å²) in [6.45, 7) is 3.81. The molecular formula is C18H19NO4. The van der Waals surface area contributed by atoms with E-state index in [-0.39, 0.29) is 5.91 Å². The maximum absolute atomic E-state index is 12.2. The third kappa shape index (κ3) is 4.85. The van der Waals surface area contributed by atoms with Crippen molar-refractivity contribution in [3.8, 4) is 5.75 Å². The molecule has 2 rings (SSSR count). The van der Waals surface area contributed by atoms with Gasteiger partial charge in [-0.2, -0.15) is 0 Å². The van der Waals surface area contributed by atoms with Crippen LogP contribution in [0.5, 0.6) is 5.75 Å². The van der Waals surface area contributed by atoms with Gasteiger partial charge in [0.2, 0.25) is 0 Å². The number of hydrogen-bond donors (Lipinski definition) is 2. The number of benzene rings is 2. The molecule has 2 aromatic carbocycles. The first-order valence-corrected chi connectivity index (χ1v) is 7.31. The van der Waals surface area contributed by atoms with Crippen LogP contribution in [0.15, 0.2) is 48.5 Å². The van der Waals surface area contributed by atoms with Crippen LogP contribution < -0.4 is 10.1 Å². The molecular weight excluding hydrogens is 294 g/mol. The lowest BCUT2D eigenvalue weighted by Gasteiger charge is -2.09. The SMILES string of the molecule is CC(C)c1ccc(C(=O)Nc2ccc(OCC(=O)O)cc2)cc1. The Morgan fingerprint density at radius 2 is 1.65 bits per heavy atom. The number of ether oxygens (including phenoxy) is 1. The number of carbonyl (C=O) groups is 2. The highest BCUT2D eigenvalue weighted by Crippen LogP contribution is 2.18. The Balaban J connectivity index is 1.98. The van der Waals surface area contributed by atoms with Gasteiger partial charge in [-0.3, -0.25) is 4.79 Å². The van der Waals surface area contributed by atoms with E-state index in [9.17, 15) is 9.59 Å². The maximum atomic E-state index is 12.2. The minimum Gasteiger partial charge on any atom is -0.482 e. The van der Waals surface area contributed by atoms with E-state index in [2.05, 4.69) is 19.2 Å². The van der Waals surface area contributed by atoms with Crippen molar-refractivity contribution in [2.75, 3.05) is 11.9 Å². The molecule has 0 aliphatic rings. The number of aliphatic carboxylic acids is 1. The zero-order valence-corrected chi connectivity index (χ0v) is 13.1. The molecule has 0 spiro atoms. The maximum Gasteiger partial charge on any atom is 0.341 e. The first-order valence-electron chi connectivity index (χ1n) is 7.31. The quantitative estimate of drug-likeness (QED) is 0.855. The van der Waals surface area contributed by atoms with Crippen LogP contribution in [0.2, 0.25) is 0 Å². The van der Waals surface area contributed by atoms with E-state index in [1.54, 1.807) is 36.4 Å². The third-order valence-electron chi connectivity index (χ3n) is 3.31. The molecule has 1 amide bonds. The van der Waals surface area contributed by atoms with Crippen LogP contribution >= 0.6 is 0 Å². The smallest absolute Gasteiger partial charge is 0.341 e. The molecule has 0 saturated carbocycles. The molecule has 0 aliphatic heterocycles. The number of carbonyl (C=O) groups excluding carboxylic acids is 1. The molecule has 2 N–H and O–H groups in total. The van der Waals surface area contributed by atoms with Gasteiger partial charge in [0.1, 0.15) is 5.75 Å². The Morgan fingerprint density at radius 3 is 2.17 bits per heavy atom. The fourth-order valence-electron chi connectivity index (χ4n) is 2.00. The standard InChI is InChI=1S/C18H19NO4/c1-12(2)13-3-5-14(6-4-13)18(22)19-15-7-9-16(10-8-15)23-11-17(20)21/h3-10,12H,11H2,1-2H3,(H,19,22)(H,20,21). The van der Waals surface area contributed by atoms with Crippen LogP contribution in [0.25, 0.3) is 0 Å². The summed E-state index contributed by atoms with van der Waals surface area (Å²) in [5, 5.41) is 11.3. The number of carboxylic acid groups (broad SMARTS) is 1. The lowest BCUT2D eigenvalue weighted by molar-refractivity contribution is -0.139. The second kappa shape index (κ2) is 7.45. The van der Waals surface area contributed by atoms with E-state index in [4.69, 9.17) is 9.84 Å². The van der Waals surface area contributed by atoms with E-state index < -0.39 is 12.6 Å². The summed E-state index contributed by atoms with van der Waals surface area (Å²) in [5.74, 6) is -0.371. The average Bonchev–Trinajstić information content (AvgIpc) is 2.54. The predicted octanol–water partition coefficient (Wildman–Crippen LogP) is 3.53. The number of hydrogen-bond acceptors (Lipinski definition) is 3. The van der Waals surface area contributed by atoms with Crippen molar-refractivity contribution in [2.24, 2.45) is 0 Å². The van der Waals surface area contributed by atoms with Crippen molar-refractivity contribution >= 4 is 17.6 Å². The first kappa shape index (κ1) is 16.5. The number of anilines is 1. The van der Waals surface area contributed by atoms with E-state index >= 15 is 0 Å². The van der Waals surface area contributed by atoms with Gasteiger partial charge < -0.3 is 15.2 Å². The second-order valence-electron chi connectivity index (χ2n) is 5.44. The summed E-state index contributed by atoms with van der Waals surface area (Å²) in [6, 6.07) is 14.0. The van der Waals surface area contributed by atoms with E-state index in [0.717, 1.165) is 0 Å². The molecule has 0 unspecified atom stereocenters. The summed E-state index contributed by atoms with van der Waals surface area (Å²) < 4.78 is 5.04. The Labute approximate surface area is 134 Å². The van der Waals surface area contributed by atoms with Gasteiger partial charge >= 0.3 is 5.97 Å². The largest absolute Gasteiger partial charge is 0.482 e. The van der Waals surface area contributed by atoms with Gasteiger partial charge in [0.15, 0.2) is 6.61 Å². The third-order valence-corrected chi connectivity index (χ3v) is 3.31. The fraction of sp³-hybridized carbons (Fsp3) is 0.222. The normalized spacial score (nSPS) is 10.4. The monoisotopic (exact) mass is 313 g/mol. The van der Waals surface area contributed by atoms with E-state index in [1.807, 2.05) is 12.1 Å². The average molecular weight is 313 g/mol. The van der Waals surface area contributed by atoms with Crippen molar-refractivity contribution in [1.82, 2.24) is 0 Å². The van der Waals surface area contributed by atoms with E-state index in [0.29, 0.717) is 22.9 Å². The zero-order valence-electron chi connectivity index (χ0n) is 13.1. The molecule has 0 aromatic heterocycles. The van der Waals surface area contributed by atoms with Crippen molar-refractivity contribution in [1.29, 1.82) is 0 Å². The molecule has 23 heavy (non-hydrogen) atoms. The van der Waals surface area contributed by atoms with Crippen molar-refractivity contribution in [3.05, 3.63) is 59.7 Å². The number of nitrogens with one attached hydrogen (secondary N) is 1. The lowest BCUT2D eigenvalue weighted by Crippen LogP contribution is -2.12. The summed E-state index contributed by atoms with van der Waals surface area (Å²) in [6.07, 6.45) is 0. The molecule has 5 heteroatoms. The molecule has 120 valence electrons. The van der Waals surface area contributed by atoms with Crippen LogP contribution in [0.1, 0.15) is 35.7 Å². The van der Waals surface area contributed by atoms with E-state index in [1.165, 1.54) is 5.56 Å². The predicted molar refractivity (Wildman–Crippen MR) is 88.1 cm³/mol. The molecule has 5 nitrogen and oxygen atoms in total. The minimum absolute atomic E-state index is 0.195. The van der Waals surface area contributed by atoms with Crippen LogP contribution in [0.3, 0.4) is 0 Å². The topological polar surface area (TPSA) is 75.6 Å². The Kier molecular flexibility index (Phi) is 5.36. The first-order chi connectivity index (χ1) is 11.0. The second-order valence-corrected chi connectivity index (χ2v) is 5.44. The summed E-state index contributed by atoms with van der Waals surface area (Å²) in [4.78, 5) is 22.6. The number of amides is 1. The molecule has 0 radical (unpaired) electrons. The molecule has 0 atom stereocenters.